The van der Waals surface area contributed by atoms with Crippen molar-refractivity contribution in [3.8, 4) is 0 Å². The molecule has 0 aliphatic heterocycles. The average molecular weight is 251 g/mol. The zero-order chi connectivity index (χ0) is 13.7. The Labute approximate surface area is 108 Å². The molecule has 18 heavy (non-hydrogen) atoms. The van der Waals surface area contributed by atoms with Crippen LogP contribution in [-0.2, 0) is 6.42 Å². The van der Waals surface area contributed by atoms with Gasteiger partial charge in [0.25, 0.3) is 5.91 Å². The molecule has 0 saturated heterocycles. The fourth-order valence-electron chi connectivity index (χ4n) is 1.64. The highest BCUT2D eigenvalue weighted by atomic mass is 16.3. The summed E-state index contributed by atoms with van der Waals surface area (Å²) in [4.78, 5) is 12.2. The van der Waals surface area contributed by atoms with Gasteiger partial charge in [0.05, 0.1) is 29.6 Å². The molecule has 5 nitrogen and oxygen atoms in total. The molecule has 0 aliphatic carbocycles. The van der Waals surface area contributed by atoms with Gasteiger partial charge in [-0.25, -0.2) is 0 Å². The molecule has 1 atom stereocenters. The Hall–Kier alpha value is -1.49. The summed E-state index contributed by atoms with van der Waals surface area (Å²) in [6.45, 7) is 7.58. The van der Waals surface area contributed by atoms with E-state index in [1.165, 1.54) is 0 Å². The van der Waals surface area contributed by atoms with E-state index in [0.717, 1.165) is 0 Å². The van der Waals surface area contributed by atoms with E-state index < -0.39 is 0 Å². The molecule has 0 aromatic carbocycles. The fraction of sp³-hybridized carbons (Fsp3) is 0.615. The van der Waals surface area contributed by atoms with Gasteiger partial charge in [-0.2, -0.15) is 10.2 Å². The summed E-state index contributed by atoms with van der Waals surface area (Å²) in [5.74, 6) is -0.0162. The molecule has 0 fully saturated rings. The van der Waals surface area contributed by atoms with Crippen LogP contribution >= 0.6 is 0 Å². The molecular weight excluding hydrogens is 230 g/mol. The van der Waals surface area contributed by atoms with Gasteiger partial charge in [0.1, 0.15) is 0 Å². The number of hydrogen-bond donors (Lipinski definition) is 2. The first-order valence-electron chi connectivity index (χ1n) is 6.24. The molecule has 1 heterocycles. The standard InChI is InChI=1S/C13H21N3O2/c1-5-11-10(6-9(4)15-16-11)13(18)14-12(7-17)8(2)3/h6,8,12,17H,5,7H2,1-4H3,(H,14,18)/t12-/m1/s1. The number of carbonyl (C=O) groups excluding carboxylic acids is 1. The minimum atomic E-state index is -0.240. The normalized spacial score (nSPS) is 12.6. The van der Waals surface area contributed by atoms with Crippen molar-refractivity contribution in [1.29, 1.82) is 0 Å². The number of nitrogens with one attached hydrogen (secondary N) is 1. The number of nitrogens with zero attached hydrogens (tertiary/aromatic N) is 2. The van der Waals surface area contributed by atoms with Crippen molar-refractivity contribution in [3.05, 3.63) is 23.0 Å². The van der Waals surface area contributed by atoms with Gasteiger partial charge in [-0.05, 0) is 25.3 Å². The highest BCUT2D eigenvalue weighted by Crippen LogP contribution is 2.09. The molecule has 0 saturated carbocycles. The predicted octanol–water partition coefficient (Wildman–Crippen LogP) is 1.09. The van der Waals surface area contributed by atoms with Crippen molar-refractivity contribution in [1.82, 2.24) is 15.5 Å². The second-order valence-electron chi connectivity index (χ2n) is 4.71. The maximum Gasteiger partial charge on any atom is 0.253 e. The Morgan fingerprint density at radius 1 is 1.44 bits per heavy atom. The topological polar surface area (TPSA) is 75.1 Å². The second kappa shape index (κ2) is 6.44. The van der Waals surface area contributed by atoms with Gasteiger partial charge in [-0.3, -0.25) is 4.79 Å². The van der Waals surface area contributed by atoms with Crippen LogP contribution in [0.25, 0.3) is 0 Å². The summed E-state index contributed by atoms with van der Waals surface area (Å²) in [6.07, 6.45) is 0.654. The monoisotopic (exact) mass is 251 g/mol. The van der Waals surface area contributed by atoms with Crippen molar-refractivity contribution >= 4 is 5.91 Å². The molecule has 2 N–H and O–H groups in total. The zero-order valence-corrected chi connectivity index (χ0v) is 11.4. The predicted molar refractivity (Wildman–Crippen MR) is 69.3 cm³/mol. The lowest BCUT2D eigenvalue weighted by molar-refractivity contribution is 0.0895. The molecule has 5 heteroatoms. The van der Waals surface area contributed by atoms with Crippen molar-refractivity contribution < 1.29 is 9.90 Å². The van der Waals surface area contributed by atoms with Gasteiger partial charge in [0.15, 0.2) is 0 Å². The summed E-state index contributed by atoms with van der Waals surface area (Å²) in [5.41, 5.74) is 1.94. The quantitative estimate of drug-likeness (QED) is 0.821. The van der Waals surface area contributed by atoms with Crippen molar-refractivity contribution in [3.63, 3.8) is 0 Å². The van der Waals surface area contributed by atoms with Crippen LogP contribution in [0.4, 0.5) is 0 Å². The molecule has 0 aliphatic rings. The van der Waals surface area contributed by atoms with E-state index in [-0.39, 0.29) is 24.5 Å². The number of aliphatic hydroxyl groups excluding tert-OH is 1. The Kier molecular flexibility index (Phi) is 5.22. The molecule has 0 spiro atoms. The third-order valence-corrected chi connectivity index (χ3v) is 2.89. The van der Waals surface area contributed by atoms with Crippen LogP contribution in [0.15, 0.2) is 6.07 Å². The SMILES string of the molecule is CCc1nnc(C)cc1C(=O)N[C@H](CO)C(C)C. The van der Waals surface area contributed by atoms with Gasteiger partial charge in [-0.1, -0.05) is 20.8 Å². The van der Waals surface area contributed by atoms with Gasteiger partial charge < -0.3 is 10.4 Å². The van der Waals surface area contributed by atoms with Gasteiger partial charge in [0, 0.05) is 0 Å². The summed E-state index contributed by atoms with van der Waals surface area (Å²) in [5, 5.41) is 20.0. The Balaban J connectivity index is 2.92. The first-order valence-corrected chi connectivity index (χ1v) is 6.24. The van der Waals surface area contributed by atoms with Crippen LogP contribution in [0.3, 0.4) is 0 Å². The summed E-state index contributed by atoms with van der Waals surface area (Å²) < 4.78 is 0. The molecule has 100 valence electrons. The maximum absolute atomic E-state index is 12.2. The highest BCUT2D eigenvalue weighted by Gasteiger charge is 2.19. The lowest BCUT2D eigenvalue weighted by atomic mass is 10.0. The summed E-state index contributed by atoms with van der Waals surface area (Å²) in [6, 6.07) is 1.49. The van der Waals surface area contributed by atoms with Crippen LogP contribution in [0.2, 0.25) is 0 Å². The number of aryl methyl sites for hydroxylation is 2. The summed E-state index contributed by atoms with van der Waals surface area (Å²) in [7, 11) is 0. The van der Waals surface area contributed by atoms with E-state index in [4.69, 9.17) is 0 Å². The molecule has 1 amide bonds. The van der Waals surface area contributed by atoms with Gasteiger partial charge >= 0.3 is 0 Å². The first-order chi connectivity index (χ1) is 8.49. The first kappa shape index (κ1) is 14.6. The van der Waals surface area contributed by atoms with E-state index in [1.807, 2.05) is 20.8 Å². The molecular formula is C13H21N3O2. The van der Waals surface area contributed by atoms with E-state index in [1.54, 1.807) is 13.0 Å². The fourth-order valence-corrected chi connectivity index (χ4v) is 1.64. The molecule has 0 radical (unpaired) electrons. The van der Waals surface area contributed by atoms with Crippen LogP contribution in [-0.4, -0.2) is 33.9 Å². The van der Waals surface area contributed by atoms with Crippen LogP contribution in [0, 0.1) is 12.8 Å². The zero-order valence-electron chi connectivity index (χ0n) is 11.4. The van der Waals surface area contributed by atoms with E-state index in [2.05, 4.69) is 15.5 Å². The minimum Gasteiger partial charge on any atom is -0.394 e. The van der Waals surface area contributed by atoms with E-state index in [0.29, 0.717) is 23.4 Å². The van der Waals surface area contributed by atoms with Crippen molar-refractivity contribution in [2.45, 2.75) is 40.2 Å². The van der Waals surface area contributed by atoms with E-state index >= 15 is 0 Å². The van der Waals surface area contributed by atoms with Gasteiger partial charge in [0.2, 0.25) is 0 Å². The average Bonchev–Trinajstić information content (AvgIpc) is 2.35. The van der Waals surface area contributed by atoms with Crippen LogP contribution in [0.1, 0.15) is 42.5 Å². The number of aromatic nitrogens is 2. The maximum atomic E-state index is 12.2. The van der Waals surface area contributed by atoms with E-state index in [9.17, 15) is 9.90 Å². The Bertz CT molecular complexity index is 419. The van der Waals surface area contributed by atoms with Crippen molar-refractivity contribution in [2.24, 2.45) is 5.92 Å². The molecule has 0 unspecified atom stereocenters. The third kappa shape index (κ3) is 3.50. The lowest BCUT2D eigenvalue weighted by Crippen LogP contribution is -2.41. The Morgan fingerprint density at radius 2 is 2.11 bits per heavy atom. The Morgan fingerprint density at radius 3 is 2.61 bits per heavy atom. The number of aliphatic hydroxyl groups is 1. The smallest absolute Gasteiger partial charge is 0.253 e. The molecule has 1 aromatic heterocycles. The largest absolute Gasteiger partial charge is 0.394 e. The molecule has 1 rings (SSSR count). The number of hydrogen-bond acceptors (Lipinski definition) is 4. The van der Waals surface area contributed by atoms with Crippen LogP contribution < -0.4 is 5.32 Å². The third-order valence-electron chi connectivity index (χ3n) is 2.89. The van der Waals surface area contributed by atoms with Crippen molar-refractivity contribution in [2.75, 3.05) is 6.61 Å². The van der Waals surface area contributed by atoms with Gasteiger partial charge in [-0.15, -0.1) is 0 Å². The minimum absolute atomic E-state index is 0.0671. The molecule has 0 bridgehead atoms. The van der Waals surface area contributed by atoms with Crippen LogP contribution in [0.5, 0.6) is 0 Å². The number of amides is 1. The highest BCUT2D eigenvalue weighted by molar-refractivity contribution is 5.95. The number of carbonyl (C=O) groups is 1. The second-order valence-corrected chi connectivity index (χ2v) is 4.71. The molecule has 1 aromatic rings. The summed E-state index contributed by atoms with van der Waals surface area (Å²) >= 11 is 0. The number of rotatable bonds is 5. The lowest BCUT2D eigenvalue weighted by Gasteiger charge is -2.20.